The Morgan fingerprint density at radius 3 is 2.62 bits per heavy atom. The Morgan fingerprint density at radius 1 is 1.00 bits per heavy atom. The summed E-state index contributed by atoms with van der Waals surface area (Å²) in [6.07, 6.45) is 3.73. The van der Waals surface area contributed by atoms with Crippen LogP contribution in [0.4, 0.5) is 10.1 Å². The summed E-state index contributed by atoms with van der Waals surface area (Å²) in [5, 5.41) is 4.18. The van der Waals surface area contributed by atoms with E-state index < -0.39 is 5.82 Å². The van der Waals surface area contributed by atoms with Gasteiger partial charge >= 0.3 is 0 Å². The van der Waals surface area contributed by atoms with E-state index in [1.807, 2.05) is 41.1 Å². The lowest BCUT2D eigenvalue weighted by molar-refractivity contribution is 0.549. The zero-order chi connectivity index (χ0) is 22.2. The second-order valence-electron chi connectivity index (χ2n) is 7.74. The van der Waals surface area contributed by atoms with Crippen LogP contribution in [0, 0.1) is 12.7 Å². The van der Waals surface area contributed by atoms with Crippen LogP contribution in [0.3, 0.4) is 0 Å². The molecule has 5 rings (SSSR count). The molecule has 1 aliphatic rings. The summed E-state index contributed by atoms with van der Waals surface area (Å²) in [7, 11) is 0. The first-order valence-corrected chi connectivity index (χ1v) is 11.0. The number of hydrogen-bond donors (Lipinski definition) is 1. The first kappa shape index (κ1) is 20.7. The minimum Gasteiger partial charge on any atom is -0.351 e. The van der Waals surface area contributed by atoms with Crippen molar-refractivity contribution in [2.75, 3.05) is 4.90 Å². The topological polar surface area (TPSA) is 33.1 Å². The predicted molar refractivity (Wildman–Crippen MR) is 130 cm³/mol. The maximum Gasteiger partial charge on any atom is 0.174 e. The first-order valence-electron chi connectivity index (χ1n) is 10.2. The number of benzene rings is 2. The highest BCUT2D eigenvalue weighted by atomic mass is 35.5. The molecule has 1 fully saturated rings. The van der Waals surface area contributed by atoms with E-state index in [2.05, 4.69) is 46.4 Å². The van der Waals surface area contributed by atoms with Gasteiger partial charge in [0.1, 0.15) is 11.9 Å². The fraction of sp³-hybridized carbons (Fsp3) is 0.120. The molecule has 0 aliphatic carbocycles. The van der Waals surface area contributed by atoms with Crippen molar-refractivity contribution in [1.82, 2.24) is 14.9 Å². The number of anilines is 1. The van der Waals surface area contributed by atoms with Crippen molar-refractivity contribution >= 4 is 34.6 Å². The standard InChI is InChI=1S/C25H20ClFN4S/c1-16-6-4-7-18(14-16)31-24(23(29-25(31)32)21-8-2-3-12-28-21)22-9-5-13-30(22)17-10-11-20(27)19(26)15-17/h2-15,23-24H,1H3,(H,29,32)/t23-,24+/m1/s1. The van der Waals surface area contributed by atoms with Gasteiger partial charge in [0.25, 0.3) is 0 Å². The van der Waals surface area contributed by atoms with Crippen molar-refractivity contribution in [3.05, 3.63) is 113 Å². The third kappa shape index (κ3) is 3.66. The minimum atomic E-state index is -0.444. The lowest BCUT2D eigenvalue weighted by Crippen LogP contribution is -2.30. The molecule has 0 bridgehead atoms. The average Bonchev–Trinajstić information content (AvgIpc) is 3.40. The van der Waals surface area contributed by atoms with Gasteiger partial charge in [-0.25, -0.2) is 4.39 Å². The summed E-state index contributed by atoms with van der Waals surface area (Å²) in [4.78, 5) is 6.72. The average molecular weight is 463 g/mol. The third-order valence-corrected chi connectivity index (χ3v) is 6.25. The Hall–Kier alpha value is -3.22. The van der Waals surface area contributed by atoms with Gasteiger partial charge in [0.15, 0.2) is 5.11 Å². The Morgan fingerprint density at radius 2 is 1.88 bits per heavy atom. The summed E-state index contributed by atoms with van der Waals surface area (Å²) in [5.41, 5.74) is 4.79. The quantitative estimate of drug-likeness (QED) is 0.369. The minimum absolute atomic E-state index is 0.0824. The molecule has 1 aliphatic heterocycles. The highest BCUT2D eigenvalue weighted by Crippen LogP contribution is 2.42. The summed E-state index contributed by atoms with van der Waals surface area (Å²) in [6.45, 7) is 2.06. The van der Waals surface area contributed by atoms with Crippen molar-refractivity contribution in [1.29, 1.82) is 0 Å². The van der Waals surface area contributed by atoms with E-state index in [0.717, 1.165) is 28.3 Å². The lowest BCUT2D eigenvalue weighted by atomic mass is 10.0. The Labute approximate surface area is 196 Å². The van der Waals surface area contributed by atoms with Gasteiger partial charge in [-0.05, 0) is 79.3 Å². The number of nitrogens with zero attached hydrogens (tertiary/aromatic N) is 3. The first-order chi connectivity index (χ1) is 15.5. The molecule has 1 N–H and O–H groups in total. The third-order valence-electron chi connectivity index (χ3n) is 5.64. The molecule has 0 unspecified atom stereocenters. The molecule has 0 saturated carbocycles. The largest absolute Gasteiger partial charge is 0.351 e. The molecule has 0 spiro atoms. The number of aryl methyl sites for hydroxylation is 1. The molecule has 3 heterocycles. The molecule has 2 aromatic carbocycles. The van der Waals surface area contributed by atoms with E-state index in [4.69, 9.17) is 23.8 Å². The van der Waals surface area contributed by atoms with Crippen LogP contribution in [0.15, 0.2) is 85.2 Å². The normalized spacial score (nSPS) is 18.1. The summed E-state index contributed by atoms with van der Waals surface area (Å²) in [6, 6.07) is 22.5. The molecule has 4 aromatic rings. The number of aromatic nitrogens is 2. The second kappa shape index (κ2) is 8.37. The zero-order valence-corrected chi connectivity index (χ0v) is 18.8. The fourth-order valence-corrected chi connectivity index (χ4v) is 4.74. The molecule has 0 radical (unpaired) electrons. The van der Waals surface area contributed by atoms with E-state index in [1.54, 1.807) is 18.3 Å². The number of halogens is 2. The van der Waals surface area contributed by atoms with Crippen LogP contribution >= 0.6 is 23.8 Å². The van der Waals surface area contributed by atoms with E-state index >= 15 is 0 Å². The van der Waals surface area contributed by atoms with Crippen LogP contribution in [0.25, 0.3) is 5.69 Å². The highest BCUT2D eigenvalue weighted by Gasteiger charge is 2.42. The molecular weight excluding hydrogens is 443 g/mol. The van der Waals surface area contributed by atoms with Crippen LogP contribution in [-0.4, -0.2) is 14.7 Å². The SMILES string of the molecule is Cc1cccc(N2C(=S)N[C@H](c3ccccn3)[C@@H]2c2cccn2-c2ccc(F)c(Cl)c2)c1. The van der Waals surface area contributed by atoms with E-state index in [-0.39, 0.29) is 17.1 Å². The van der Waals surface area contributed by atoms with Crippen molar-refractivity contribution < 1.29 is 4.39 Å². The van der Waals surface area contributed by atoms with Gasteiger partial charge in [-0.15, -0.1) is 0 Å². The van der Waals surface area contributed by atoms with Crippen molar-refractivity contribution in [3.8, 4) is 5.69 Å². The van der Waals surface area contributed by atoms with Crippen LogP contribution in [0.2, 0.25) is 5.02 Å². The van der Waals surface area contributed by atoms with Gasteiger partial charge in [-0.3, -0.25) is 4.98 Å². The van der Waals surface area contributed by atoms with Crippen LogP contribution in [0.5, 0.6) is 0 Å². The van der Waals surface area contributed by atoms with Gasteiger partial charge in [0, 0.05) is 29.5 Å². The Kier molecular flexibility index (Phi) is 5.41. The maximum absolute atomic E-state index is 13.8. The second-order valence-corrected chi connectivity index (χ2v) is 8.53. The van der Waals surface area contributed by atoms with E-state index in [9.17, 15) is 4.39 Å². The molecule has 7 heteroatoms. The highest BCUT2D eigenvalue weighted by molar-refractivity contribution is 7.80. The smallest absolute Gasteiger partial charge is 0.174 e. The molecule has 0 amide bonds. The molecule has 2 atom stereocenters. The summed E-state index contributed by atoms with van der Waals surface area (Å²) < 4.78 is 15.8. The van der Waals surface area contributed by atoms with Crippen LogP contribution in [0.1, 0.15) is 29.0 Å². The number of hydrogen-bond acceptors (Lipinski definition) is 2. The molecule has 4 nitrogen and oxygen atoms in total. The van der Waals surface area contributed by atoms with Gasteiger partial charge in [0.2, 0.25) is 0 Å². The number of thiocarbonyl (C=S) groups is 1. The van der Waals surface area contributed by atoms with E-state index in [0.29, 0.717) is 5.11 Å². The van der Waals surface area contributed by atoms with Gasteiger partial charge in [0.05, 0.1) is 16.8 Å². The molecule has 32 heavy (non-hydrogen) atoms. The summed E-state index contributed by atoms with van der Waals surface area (Å²) in [5.74, 6) is -0.444. The van der Waals surface area contributed by atoms with Crippen LogP contribution < -0.4 is 10.2 Å². The number of rotatable bonds is 4. The van der Waals surface area contributed by atoms with Crippen molar-refractivity contribution in [3.63, 3.8) is 0 Å². The van der Waals surface area contributed by atoms with Gasteiger partial charge < -0.3 is 14.8 Å². The number of pyridine rings is 1. The number of nitrogens with one attached hydrogen (secondary N) is 1. The van der Waals surface area contributed by atoms with Crippen LogP contribution in [-0.2, 0) is 0 Å². The zero-order valence-electron chi connectivity index (χ0n) is 17.2. The van der Waals surface area contributed by atoms with Gasteiger partial charge in [-0.2, -0.15) is 0 Å². The molecule has 2 aromatic heterocycles. The summed E-state index contributed by atoms with van der Waals surface area (Å²) >= 11 is 11.9. The monoisotopic (exact) mass is 462 g/mol. The van der Waals surface area contributed by atoms with Gasteiger partial charge in [-0.1, -0.05) is 29.8 Å². The molecule has 1 saturated heterocycles. The Balaban J connectivity index is 1.68. The van der Waals surface area contributed by atoms with Crippen molar-refractivity contribution in [2.24, 2.45) is 0 Å². The Bertz CT molecular complexity index is 1290. The fourth-order valence-electron chi connectivity index (χ4n) is 4.22. The van der Waals surface area contributed by atoms with E-state index in [1.165, 1.54) is 6.07 Å². The maximum atomic E-state index is 13.8. The molecular formula is C25H20ClFN4S. The predicted octanol–water partition coefficient (Wildman–Crippen LogP) is 6.15. The van der Waals surface area contributed by atoms with Crippen molar-refractivity contribution in [2.45, 2.75) is 19.0 Å². The molecule has 160 valence electrons. The lowest BCUT2D eigenvalue weighted by Gasteiger charge is -2.29.